The van der Waals surface area contributed by atoms with Crippen LogP contribution >= 0.6 is 0 Å². The molecule has 1 N–H and O–H groups in total. The van der Waals surface area contributed by atoms with Crippen molar-refractivity contribution in [3.05, 3.63) is 77.3 Å². The molecular weight excluding hydrogens is 291 g/mol. The monoisotopic (exact) mass is 303 g/mol. The van der Waals surface area contributed by atoms with Crippen molar-refractivity contribution >= 4 is 12.2 Å². The third kappa shape index (κ3) is 2.98. The van der Waals surface area contributed by atoms with Gasteiger partial charge in [-0.3, -0.25) is 0 Å². The Balaban J connectivity index is 1.95. The Morgan fingerprint density at radius 1 is 0.864 bits per heavy atom. The number of ether oxygens (including phenoxy) is 1. The summed E-state index contributed by atoms with van der Waals surface area (Å²) in [6.07, 6.45) is 0.670. The lowest BCUT2D eigenvalue weighted by molar-refractivity contribution is -0.138. The number of hydrogen-bond donors (Lipinski definition) is 1. The normalized spacial score (nSPS) is 13.7. The van der Waals surface area contributed by atoms with Gasteiger partial charge in [0.1, 0.15) is 5.75 Å². The average molecular weight is 303 g/mol. The number of fused-ring (bicyclic) bond motifs is 1. The second kappa shape index (κ2) is 5.60. The molecule has 112 valence electrons. The first kappa shape index (κ1) is 14.3. The number of hydrogen-bond acceptors (Lipinski definition) is 2. The van der Waals surface area contributed by atoms with Gasteiger partial charge in [0.05, 0.1) is 5.56 Å². The minimum Gasteiger partial charge on any atom is -0.440 e. The average Bonchev–Trinajstić information content (AvgIpc) is 2.68. The highest BCUT2D eigenvalue weighted by Gasteiger charge is 2.34. The maximum atomic E-state index is 13.0. The van der Waals surface area contributed by atoms with Crippen LogP contribution in [0.2, 0.25) is 0 Å². The van der Waals surface area contributed by atoms with Crippen LogP contribution in [0.25, 0.3) is 12.2 Å². The number of nitrogens with one attached hydrogen (secondary N) is 1. The van der Waals surface area contributed by atoms with Crippen LogP contribution in [-0.4, -0.2) is 0 Å². The molecule has 0 fully saturated rings. The summed E-state index contributed by atoms with van der Waals surface area (Å²) in [5.74, 6) is -0.000527. The Labute approximate surface area is 125 Å². The summed E-state index contributed by atoms with van der Waals surface area (Å²) in [5, 5.41) is 2.85. The van der Waals surface area contributed by atoms with Crippen LogP contribution in [0.3, 0.4) is 0 Å². The molecular formula is C17H12F3NO. The number of rotatable bonds is 2. The summed E-state index contributed by atoms with van der Waals surface area (Å²) in [6.45, 7) is 0. The first-order valence-electron chi connectivity index (χ1n) is 6.62. The molecule has 0 radical (unpaired) electrons. The molecule has 0 aliphatic carbocycles. The fourth-order valence-electron chi connectivity index (χ4n) is 2.16. The molecule has 3 rings (SSSR count). The zero-order valence-corrected chi connectivity index (χ0v) is 11.4. The molecule has 0 spiro atoms. The van der Waals surface area contributed by atoms with Crippen LogP contribution < -0.4 is 10.1 Å². The van der Waals surface area contributed by atoms with Crippen molar-refractivity contribution in [2.75, 3.05) is 0 Å². The van der Waals surface area contributed by atoms with Gasteiger partial charge in [0.15, 0.2) is 5.88 Å². The van der Waals surface area contributed by atoms with E-state index in [-0.39, 0.29) is 11.6 Å². The van der Waals surface area contributed by atoms with Crippen LogP contribution in [0.4, 0.5) is 13.2 Å². The van der Waals surface area contributed by atoms with Gasteiger partial charge in [-0.2, -0.15) is 13.2 Å². The Hall–Kier alpha value is -2.69. The fourth-order valence-corrected chi connectivity index (χ4v) is 2.16. The number of alkyl halides is 3. The first-order chi connectivity index (χ1) is 10.5. The van der Waals surface area contributed by atoms with E-state index in [1.807, 2.05) is 30.3 Å². The molecule has 22 heavy (non-hydrogen) atoms. The molecule has 0 saturated heterocycles. The molecule has 0 saturated carbocycles. The molecule has 0 amide bonds. The predicted octanol–water partition coefficient (Wildman–Crippen LogP) is 4.66. The van der Waals surface area contributed by atoms with Gasteiger partial charge in [0.2, 0.25) is 0 Å². The zero-order chi connectivity index (χ0) is 15.6. The summed E-state index contributed by atoms with van der Waals surface area (Å²) < 4.78 is 44.4. The van der Waals surface area contributed by atoms with E-state index in [0.717, 1.165) is 17.2 Å². The Morgan fingerprint density at radius 2 is 1.55 bits per heavy atom. The van der Waals surface area contributed by atoms with Crippen molar-refractivity contribution in [2.24, 2.45) is 0 Å². The van der Waals surface area contributed by atoms with Crippen LogP contribution in [0.5, 0.6) is 5.75 Å². The van der Waals surface area contributed by atoms with Gasteiger partial charge in [-0.05, 0) is 29.3 Å². The maximum absolute atomic E-state index is 13.0. The van der Waals surface area contributed by atoms with E-state index in [0.29, 0.717) is 0 Å². The molecule has 1 heterocycles. The van der Waals surface area contributed by atoms with Crippen molar-refractivity contribution in [3.8, 4) is 5.75 Å². The van der Waals surface area contributed by atoms with Gasteiger partial charge >= 0.3 is 6.18 Å². The van der Waals surface area contributed by atoms with Crippen molar-refractivity contribution in [1.29, 1.82) is 0 Å². The van der Waals surface area contributed by atoms with E-state index in [4.69, 9.17) is 4.74 Å². The number of para-hydroxylation sites is 1. The Bertz CT molecular complexity index is 748. The van der Waals surface area contributed by atoms with Gasteiger partial charge in [0, 0.05) is 12.3 Å². The predicted molar refractivity (Wildman–Crippen MR) is 78.7 cm³/mol. The molecule has 2 nitrogen and oxygen atoms in total. The molecule has 1 aliphatic heterocycles. The molecule has 1 aliphatic rings. The number of benzene rings is 2. The third-order valence-electron chi connectivity index (χ3n) is 3.18. The van der Waals surface area contributed by atoms with E-state index < -0.39 is 11.7 Å². The lowest BCUT2D eigenvalue weighted by atomic mass is 10.1. The van der Waals surface area contributed by atoms with E-state index in [1.165, 1.54) is 18.2 Å². The lowest BCUT2D eigenvalue weighted by Gasteiger charge is -2.15. The maximum Gasteiger partial charge on any atom is 0.419 e. The van der Waals surface area contributed by atoms with Crippen molar-refractivity contribution in [2.45, 2.75) is 6.18 Å². The zero-order valence-electron chi connectivity index (χ0n) is 11.4. The van der Waals surface area contributed by atoms with Crippen LogP contribution in [0.15, 0.2) is 60.6 Å². The van der Waals surface area contributed by atoms with E-state index in [2.05, 4.69) is 5.32 Å². The van der Waals surface area contributed by atoms with Gasteiger partial charge < -0.3 is 10.1 Å². The minimum atomic E-state index is -4.46. The standard InChI is InChI=1S/C17H12F3NO/c18-17(19,20)14-7-3-4-8-15(14)22-16-11-13-6-2-1-5-12(13)9-10-21-16/h1-11,21H. The highest BCUT2D eigenvalue weighted by Crippen LogP contribution is 2.36. The highest BCUT2D eigenvalue weighted by atomic mass is 19.4. The molecule has 0 atom stereocenters. The summed E-state index contributed by atoms with van der Waals surface area (Å²) in [4.78, 5) is 0. The van der Waals surface area contributed by atoms with Crippen LogP contribution in [0, 0.1) is 0 Å². The largest absolute Gasteiger partial charge is 0.440 e. The number of halogens is 3. The summed E-state index contributed by atoms with van der Waals surface area (Å²) in [7, 11) is 0. The summed E-state index contributed by atoms with van der Waals surface area (Å²) >= 11 is 0. The molecule has 2 aromatic rings. The first-order valence-corrected chi connectivity index (χ1v) is 6.62. The van der Waals surface area contributed by atoms with Gasteiger partial charge in [-0.25, -0.2) is 0 Å². The molecule has 2 aromatic carbocycles. The minimum absolute atomic E-state index is 0.234. The van der Waals surface area contributed by atoms with E-state index in [9.17, 15) is 13.2 Å². The Kier molecular flexibility index (Phi) is 3.63. The summed E-state index contributed by atoms with van der Waals surface area (Å²) in [6, 6.07) is 12.7. The van der Waals surface area contributed by atoms with Gasteiger partial charge in [0.25, 0.3) is 0 Å². The fraction of sp³-hybridized carbons (Fsp3) is 0.0588. The second-order valence-corrected chi connectivity index (χ2v) is 4.71. The molecule has 5 heteroatoms. The van der Waals surface area contributed by atoms with Crippen LogP contribution in [0.1, 0.15) is 16.7 Å². The SMILES string of the molecule is FC(F)(F)c1ccccc1OC1=Cc2ccccc2C=CN1. The third-order valence-corrected chi connectivity index (χ3v) is 3.18. The Morgan fingerprint density at radius 3 is 2.32 bits per heavy atom. The quantitative estimate of drug-likeness (QED) is 0.871. The van der Waals surface area contributed by atoms with Crippen LogP contribution in [-0.2, 0) is 6.18 Å². The smallest absolute Gasteiger partial charge is 0.419 e. The molecule has 0 unspecified atom stereocenters. The highest BCUT2D eigenvalue weighted by molar-refractivity contribution is 5.68. The topological polar surface area (TPSA) is 21.3 Å². The lowest BCUT2D eigenvalue weighted by Crippen LogP contribution is -2.14. The second-order valence-electron chi connectivity index (χ2n) is 4.71. The van der Waals surface area contributed by atoms with Gasteiger partial charge in [-0.15, -0.1) is 0 Å². The van der Waals surface area contributed by atoms with Gasteiger partial charge in [-0.1, -0.05) is 36.4 Å². The molecule has 0 bridgehead atoms. The van der Waals surface area contributed by atoms with Crippen molar-refractivity contribution in [3.63, 3.8) is 0 Å². The van der Waals surface area contributed by atoms with Crippen molar-refractivity contribution in [1.82, 2.24) is 5.32 Å². The molecule has 0 aromatic heterocycles. The van der Waals surface area contributed by atoms with Crippen molar-refractivity contribution < 1.29 is 17.9 Å². The van der Waals surface area contributed by atoms with E-state index in [1.54, 1.807) is 12.3 Å². The van der Waals surface area contributed by atoms with E-state index >= 15 is 0 Å². The summed E-state index contributed by atoms with van der Waals surface area (Å²) in [5.41, 5.74) is 1.01.